The molecule has 3 atom stereocenters. The van der Waals surface area contributed by atoms with Gasteiger partial charge in [0.15, 0.2) is 0 Å². The van der Waals surface area contributed by atoms with E-state index in [4.69, 9.17) is 10.8 Å². The van der Waals surface area contributed by atoms with Crippen molar-refractivity contribution in [3.63, 3.8) is 0 Å². The molecule has 0 aromatic carbocycles. The van der Waals surface area contributed by atoms with Crippen molar-refractivity contribution in [3.8, 4) is 0 Å². The topological polar surface area (TPSA) is 171 Å². The number of carboxylic acids is 1. The fourth-order valence-electron chi connectivity index (χ4n) is 1.69. The number of aliphatic hydroxyl groups is 1. The lowest BCUT2D eigenvalue weighted by atomic mass is 10.1. The highest BCUT2D eigenvalue weighted by Gasteiger charge is 2.29. The number of carboxylic acid groups (broad SMARTS) is 1. The molecule has 0 fully saturated rings. The lowest BCUT2D eigenvalue weighted by Gasteiger charge is -2.24. The van der Waals surface area contributed by atoms with E-state index in [2.05, 4.69) is 16.0 Å². The molecule has 11 heteroatoms. The van der Waals surface area contributed by atoms with Crippen LogP contribution in [0, 0.1) is 0 Å². The normalized spacial score (nSPS) is 14.2. The number of nitrogens with two attached hydrogens (primary N) is 1. The SMILES string of the molecule is CSCCC(NC(=O)CN)C(=O)NC(C(=O)NCC(=O)O)C(C)O. The third kappa shape index (κ3) is 8.70. The highest BCUT2D eigenvalue weighted by Crippen LogP contribution is 2.03. The summed E-state index contributed by atoms with van der Waals surface area (Å²) in [7, 11) is 0. The van der Waals surface area contributed by atoms with E-state index in [1.807, 2.05) is 6.26 Å². The first kappa shape index (κ1) is 22.1. The summed E-state index contributed by atoms with van der Waals surface area (Å²) in [6.07, 6.45) is 0.883. The summed E-state index contributed by atoms with van der Waals surface area (Å²) in [6, 6.07) is -2.26. The Morgan fingerprint density at radius 2 is 1.79 bits per heavy atom. The zero-order chi connectivity index (χ0) is 18.7. The molecule has 0 bridgehead atoms. The number of nitrogens with one attached hydrogen (secondary N) is 3. The Bertz CT molecular complexity index is 460. The molecule has 0 aromatic heterocycles. The molecule has 7 N–H and O–H groups in total. The number of carbonyl (C=O) groups excluding carboxylic acids is 3. The average molecular weight is 364 g/mol. The van der Waals surface area contributed by atoms with Crippen LogP contribution < -0.4 is 21.7 Å². The van der Waals surface area contributed by atoms with Crippen LogP contribution in [-0.2, 0) is 19.2 Å². The van der Waals surface area contributed by atoms with Crippen molar-refractivity contribution in [1.29, 1.82) is 0 Å². The summed E-state index contributed by atoms with van der Waals surface area (Å²) in [5.74, 6) is -2.71. The highest BCUT2D eigenvalue weighted by atomic mass is 32.2. The Morgan fingerprint density at radius 3 is 2.25 bits per heavy atom. The molecule has 0 rings (SSSR count). The van der Waals surface area contributed by atoms with Gasteiger partial charge in [0.05, 0.1) is 12.6 Å². The minimum absolute atomic E-state index is 0.290. The maximum absolute atomic E-state index is 12.3. The van der Waals surface area contributed by atoms with Crippen molar-refractivity contribution in [2.75, 3.05) is 25.1 Å². The largest absolute Gasteiger partial charge is 0.480 e. The summed E-state index contributed by atoms with van der Waals surface area (Å²) < 4.78 is 0. The van der Waals surface area contributed by atoms with Crippen LogP contribution >= 0.6 is 11.8 Å². The lowest BCUT2D eigenvalue weighted by Crippen LogP contribution is -2.58. The van der Waals surface area contributed by atoms with Crippen LogP contribution in [-0.4, -0.2) is 77.2 Å². The van der Waals surface area contributed by atoms with Crippen molar-refractivity contribution in [3.05, 3.63) is 0 Å². The number of thioether (sulfide) groups is 1. The van der Waals surface area contributed by atoms with Gasteiger partial charge >= 0.3 is 5.97 Å². The summed E-state index contributed by atoms with van der Waals surface area (Å²) >= 11 is 1.47. The third-order valence-electron chi connectivity index (χ3n) is 2.92. The molecule has 3 amide bonds. The van der Waals surface area contributed by atoms with Crippen LogP contribution in [0.2, 0.25) is 0 Å². The second kappa shape index (κ2) is 11.6. The molecule has 0 saturated carbocycles. The van der Waals surface area contributed by atoms with Gasteiger partial charge in [0.2, 0.25) is 17.7 Å². The van der Waals surface area contributed by atoms with Gasteiger partial charge in [0.25, 0.3) is 0 Å². The van der Waals surface area contributed by atoms with Gasteiger partial charge in [-0.25, -0.2) is 0 Å². The molecule has 0 spiro atoms. The number of carbonyl (C=O) groups is 4. The van der Waals surface area contributed by atoms with Crippen molar-refractivity contribution in [1.82, 2.24) is 16.0 Å². The quantitative estimate of drug-likeness (QED) is 0.229. The number of rotatable bonds is 11. The van der Waals surface area contributed by atoms with Gasteiger partial charge in [-0.3, -0.25) is 19.2 Å². The van der Waals surface area contributed by atoms with Gasteiger partial charge in [0.1, 0.15) is 18.6 Å². The van der Waals surface area contributed by atoms with Gasteiger partial charge in [-0.05, 0) is 25.4 Å². The molecule has 138 valence electrons. The second-order valence-electron chi connectivity index (χ2n) is 4.94. The first-order valence-corrected chi connectivity index (χ1v) is 8.58. The Hall–Kier alpha value is -1.85. The fraction of sp³-hybridized carbons (Fsp3) is 0.692. The number of aliphatic hydroxyl groups excluding tert-OH is 1. The van der Waals surface area contributed by atoms with E-state index in [0.717, 1.165) is 0 Å². The fourth-order valence-corrected chi connectivity index (χ4v) is 2.16. The van der Waals surface area contributed by atoms with Crippen LogP contribution in [0.1, 0.15) is 13.3 Å². The molecular formula is C13H24N4O6S. The van der Waals surface area contributed by atoms with Gasteiger partial charge in [-0.15, -0.1) is 0 Å². The zero-order valence-corrected chi connectivity index (χ0v) is 14.4. The van der Waals surface area contributed by atoms with Crippen LogP contribution in [0.25, 0.3) is 0 Å². The molecule has 24 heavy (non-hydrogen) atoms. The Balaban J connectivity index is 4.92. The molecule has 10 nitrogen and oxygen atoms in total. The minimum Gasteiger partial charge on any atom is -0.480 e. The van der Waals surface area contributed by atoms with E-state index in [1.54, 1.807) is 0 Å². The molecule has 0 aliphatic rings. The van der Waals surface area contributed by atoms with Gasteiger partial charge in [0, 0.05) is 0 Å². The smallest absolute Gasteiger partial charge is 0.322 e. The summed E-state index contributed by atoms with van der Waals surface area (Å²) in [5.41, 5.74) is 5.21. The molecule has 0 saturated heterocycles. The Labute approximate surface area is 143 Å². The first-order chi connectivity index (χ1) is 11.2. The molecule has 0 aliphatic heterocycles. The molecule has 0 radical (unpaired) electrons. The molecule has 3 unspecified atom stereocenters. The van der Waals surface area contributed by atoms with Crippen LogP contribution in [0.3, 0.4) is 0 Å². The standard InChI is InChI=1S/C13H24N4O6S/c1-7(18)11(13(23)15-6-10(20)21)17-12(22)8(3-4-24-2)16-9(19)5-14/h7-8,11,18H,3-6,14H2,1-2H3,(H,15,23)(H,16,19)(H,17,22)(H,20,21). The summed E-state index contributed by atoms with van der Waals surface area (Å²) in [6.45, 7) is 0.348. The maximum atomic E-state index is 12.3. The maximum Gasteiger partial charge on any atom is 0.322 e. The van der Waals surface area contributed by atoms with Crippen molar-refractivity contribution < 1.29 is 29.4 Å². The molecule has 0 aliphatic carbocycles. The average Bonchev–Trinajstić information content (AvgIpc) is 2.53. The highest BCUT2D eigenvalue weighted by molar-refractivity contribution is 7.98. The van der Waals surface area contributed by atoms with Crippen LogP contribution in [0.5, 0.6) is 0 Å². The van der Waals surface area contributed by atoms with E-state index in [-0.39, 0.29) is 6.54 Å². The van der Waals surface area contributed by atoms with Gasteiger partial charge in [-0.1, -0.05) is 0 Å². The van der Waals surface area contributed by atoms with Crippen LogP contribution in [0.4, 0.5) is 0 Å². The number of hydrogen-bond acceptors (Lipinski definition) is 7. The molecule has 0 heterocycles. The van der Waals surface area contributed by atoms with Gasteiger partial charge in [-0.2, -0.15) is 11.8 Å². The molecular weight excluding hydrogens is 340 g/mol. The molecule has 0 aromatic rings. The lowest BCUT2D eigenvalue weighted by molar-refractivity contribution is -0.139. The number of amides is 3. The number of hydrogen-bond donors (Lipinski definition) is 6. The Kier molecular flexibility index (Phi) is 10.8. The first-order valence-electron chi connectivity index (χ1n) is 7.19. The van der Waals surface area contributed by atoms with E-state index in [0.29, 0.717) is 12.2 Å². The van der Waals surface area contributed by atoms with Crippen molar-refractivity contribution in [2.45, 2.75) is 31.5 Å². The van der Waals surface area contributed by atoms with Crippen molar-refractivity contribution in [2.24, 2.45) is 5.73 Å². The Morgan fingerprint density at radius 1 is 1.17 bits per heavy atom. The summed E-state index contributed by atoms with van der Waals surface area (Å²) in [4.78, 5) is 46.0. The minimum atomic E-state index is -1.34. The van der Waals surface area contributed by atoms with Crippen LogP contribution in [0.15, 0.2) is 0 Å². The van der Waals surface area contributed by atoms with Crippen molar-refractivity contribution >= 4 is 35.5 Å². The monoisotopic (exact) mass is 364 g/mol. The number of aliphatic carboxylic acids is 1. The van der Waals surface area contributed by atoms with E-state index in [9.17, 15) is 24.3 Å². The summed E-state index contributed by atoms with van der Waals surface area (Å²) in [5, 5.41) is 25.0. The van der Waals surface area contributed by atoms with Gasteiger partial charge < -0.3 is 31.9 Å². The predicted molar refractivity (Wildman–Crippen MR) is 88.2 cm³/mol. The predicted octanol–water partition coefficient (Wildman–Crippen LogP) is -2.75. The zero-order valence-electron chi connectivity index (χ0n) is 13.6. The van der Waals surface area contributed by atoms with E-state index < -0.39 is 48.4 Å². The van der Waals surface area contributed by atoms with E-state index in [1.165, 1.54) is 18.7 Å². The third-order valence-corrected chi connectivity index (χ3v) is 3.57. The second-order valence-corrected chi connectivity index (χ2v) is 5.93. The van der Waals surface area contributed by atoms with E-state index >= 15 is 0 Å².